The van der Waals surface area contributed by atoms with E-state index < -0.39 is 0 Å². The van der Waals surface area contributed by atoms with Crippen LogP contribution in [0.5, 0.6) is 0 Å². The van der Waals surface area contributed by atoms with Crippen LogP contribution < -0.4 is 5.32 Å². The molecule has 3 nitrogen and oxygen atoms in total. The predicted octanol–water partition coefficient (Wildman–Crippen LogP) is 3.57. The predicted molar refractivity (Wildman–Crippen MR) is 89.4 cm³/mol. The lowest BCUT2D eigenvalue weighted by Gasteiger charge is -2.34. The summed E-state index contributed by atoms with van der Waals surface area (Å²) in [6.07, 6.45) is 4.58. The molecule has 0 saturated carbocycles. The Labute approximate surface area is 133 Å². The molecule has 0 aromatic heterocycles. The summed E-state index contributed by atoms with van der Waals surface area (Å²) in [6, 6.07) is 9.07. The minimum Gasteiger partial charge on any atom is -0.319 e. The van der Waals surface area contributed by atoms with Crippen molar-refractivity contribution in [2.45, 2.75) is 58.7 Å². The molecule has 3 heteroatoms. The van der Waals surface area contributed by atoms with Crippen LogP contribution in [0.15, 0.2) is 35.4 Å². The van der Waals surface area contributed by atoms with Crippen molar-refractivity contribution in [3.63, 3.8) is 0 Å². The number of benzene rings is 1. The number of amides is 1. The zero-order valence-corrected chi connectivity index (χ0v) is 13.9. The van der Waals surface area contributed by atoms with Gasteiger partial charge in [0, 0.05) is 18.2 Å². The van der Waals surface area contributed by atoms with E-state index in [0.717, 1.165) is 25.0 Å². The topological polar surface area (TPSA) is 32.3 Å². The average molecular weight is 298 g/mol. The lowest BCUT2D eigenvalue weighted by Crippen LogP contribution is -2.47. The lowest BCUT2D eigenvalue weighted by molar-refractivity contribution is -0.127. The van der Waals surface area contributed by atoms with Gasteiger partial charge in [0.1, 0.15) is 6.17 Å². The zero-order valence-electron chi connectivity index (χ0n) is 13.9. The number of carbonyl (C=O) groups is 1. The highest BCUT2D eigenvalue weighted by atomic mass is 16.2. The molecule has 0 bridgehead atoms. The first-order valence-electron chi connectivity index (χ1n) is 8.45. The lowest BCUT2D eigenvalue weighted by atomic mass is 9.87. The normalized spacial score (nSPS) is 24.9. The second-order valence-corrected chi connectivity index (χ2v) is 6.52. The van der Waals surface area contributed by atoms with E-state index in [1.165, 1.54) is 29.5 Å². The first-order valence-corrected chi connectivity index (χ1v) is 8.45. The highest BCUT2D eigenvalue weighted by Crippen LogP contribution is 2.33. The quantitative estimate of drug-likeness (QED) is 0.921. The molecular formula is C19H26N2O. The Balaban J connectivity index is 1.85. The van der Waals surface area contributed by atoms with E-state index in [9.17, 15) is 4.79 Å². The zero-order chi connectivity index (χ0) is 15.7. The fourth-order valence-corrected chi connectivity index (χ4v) is 3.74. The Morgan fingerprint density at radius 3 is 2.82 bits per heavy atom. The Kier molecular flexibility index (Phi) is 4.34. The number of hydrogen-bond acceptors (Lipinski definition) is 2. The number of fused-ring (bicyclic) bond motifs is 1. The van der Waals surface area contributed by atoms with Crippen molar-refractivity contribution >= 4 is 5.91 Å². The van der Waals surface area contributed by atoms with E-state index in [1.807, 2.05) is 11.8 Å². The average Bonchev–Trinajstić information content (AvgIpc) is 2.74. The van der Waals surface area contributed by atoms with Gasteiger partial charge in [-0.1, -0.05) is 31.2 Å². The highest BCUT2D eigenvalue weighted by molar-refractivity contribution is 5.96. The van der Waals surface area contributed by atoms with E-state index in [4.69, 9.17) is 0 Å². The third-order valence-electron chi connectivity index (χ3n) is 5.09. The number of nitrogens with one attached hydrogen (secondary N) is 1. The maximum atomic E-state index is 12.4. The van der Waals surface area contributed by atoms with Crippen molar-refractivity contribution < 1.29 is 4.79 Å². The molecule has 0 spiro atoms. The summed E-state index contributed by atoms with van der Waals surface area (Å²) in [5.74, 6) is 0.195. The molecule has 1 aliphatic carbocycles. The summed E-state index contributed by atoms with van der Waals surface area (Å²) in [7, 11) is 0. The number of hydrogen-bond donors (Lipinski definition) is 1. The molecule has 0 saturated heterocycles. The summed E-state index contributed by atoms with van der Waals surface area (Å²) in [4.78, 5) is 14.4. The van der Waals surface area contributed by atoms with Gasteiger partial charge in [-0.3, -0.25) is 10.1 Å². The number of rotatable bonds is 4. The largest absolute Gasteiger partial charge is 0.319 e. The van der Waals surface area contributed by atoms with Gasteiger partial charge in [0.2, 0.25) is 0 Å². The van der Waals surface area contributed by atoms with Crippen molar-refractivity contribution in [1.82, 2.24) is 10.2 Å². The summed E-state index contributed by atoms with van der Waals surface area (Å²) in [5, 5.41) is 3.77. The van der Waals surface area contributed by atoms with Crippen molar-refractivity contribution in [3.8, 4) is 0 Å². The minimum atomic E-state index is 0.0589. The third-order valence-corrected chi connectivity index (χ3v) is 5.09. The molecular weight excluding hydrogens is 272 g/mol. The first-order chi connectivity index (χ1) is 10.6. The van der Waals surface area contributed by atoms with Crippen LogP contribution in [-0.4, -0.2) is 23.5 Å². The molecule has 22 heavy (non-hydrogen) atoms. The second-order valence-electron chi connectivity index (χ2n) is 6.52. The second kappa shape index (κ2) is 6.25. The molecule has 1 N–H and O–H groups in total. The first kappa shape index (κ1) is 15.3. The molecule has 1 aromatic carbocycles. The molecule has 0 fully saturated rings. The molecule has 1 heterocycles. The molecule has 0 unspecified atom stereocenters. The van der Waals surface area contributed by atoms with Crippen LogP contribution in [0, 0.1) is 0 Å². The van der Waals surface area contributed by atoms with Crippen LogP contribution in [0.3, 0.4) is 0 Å². The van der Waals surface area contributed by atoms with E-state index in [2.05, 4.69) is 43.4 Å². The van der Waals surface area contributed by atoms with Crippen LogP contribution in [0.4, 0.5) is 0 Å². The van der Waals surface area contributed by atoms with E-state index in [0.29, 0.717) is 6.04 Å². The SMILES string of the molecule is CCCN1C(=O)C(C)=C(C)[C@H]1N[C@@H]1CCCc2ccccc21. The van der Waals surface area contributed by atoms with Gasteiger partial charge < -0.3 is 4.90 Å². The monoisotopic (exact) mass is 298 g/mol. The fraction of sp³-hybridized carbons (Fsp3) is 0.526. The summed E-state index contributed by atoms with van der Waals surface area (Å²) < 4.78 is 0. The summed E-state index contributed by atoms with van der Waals surface area (Å²) in [5.41, 5.74) is 4.96. The maximum absolute atomic E-state index is 12.4. The Bertz CT molecular complexity index is 605. The summed E-state index contributed by atoms with van der Waals surface area (Å²) in [6.45, 7) is 6.99. The van der Waals surface area contributed by atoms with Gasteiger partial charge >= 0.3 is 0 Å². The number of nitrogens with zero attached hydrogens (tertiary/aromatic N) is 1. The van der Waals surface area contributed by atoms with Gasteiger partial charge in [0.05, 0.1) is 0 Å². The smallest absolute Gasteiger partial charge is 0.251 e. The van der Waals surface area contributed by atoms with Crippen molar-refractivity contribution in [2.24, 2.45) is 0 Å². The van der Waals surface area contributed by atoms with Gasteiger partial charge in [-0.15, -0.1) is 0 Å². The Morgan fingerprint density at radius 2 is 2.05 bits per heavy atom. The molecule has 2 atom stereocenters. The molecule has 1 aliphatic heterocycles. The molecule has 2 aliphatic rings. The Morgan fingerprint density at radius 1 is 1.27 bits per heavy atom. The van der Waals surface area contributed by atoms with E-state index in [-0.39, 0.29) is 12.1 Å². The van der Waals surface area contributed by atoms with Crippen LogP contribution in [0.2, 0.25) is 0 Å². The van der Waals surface area contributed by atoms with Crippen LogP contribution >= 0.6 is 0 Å². The van der Waals surface area contributed by atoms with Gasteiger partial charge in [-0.2, -0.15) is 0 Å². The van der Waals surface area contributed by atoms with E-state index >= 15 is 0 Å². The van der Waals surface area contributed by atoms with Gasteiger partial charge in [0.25, 0.3) is 5.91 Å². The molecule has 3 rings (SSSR count). The molecule has 1 aromatic rings. The number of carbonyl (C=O) groups excluding carboxylic acids is 1. The number of aryl methyl sites for hydroxylation is 1. The standard InChI is InChI=1S/C19H26N2O/c1-4-12-21-18(13(2)14(3)19(21)22)20-17-11-7-9-15-8-5-6-10-16(15)17/h5-6,8,10,17-18,20H,4,7,9,11-12H2,1-3H3/t17-,18+/m1/s1. The van der Waals surface area contributed by atoms with Crippen LogP contribution in [-0.2, 0) is 11.2 Å². The van der Waals surface area contributed by atoms with Gasteiger partial charge in [0.15, 0.2) is 0 Å². The molecule has 118 valence electrons. The maximum Gasteiger partial charge on any atom is 0.251 e. The molecule has 1 amide bonds. The highest BCUT2D eigenvalue weighted by Gasteiger charge is 2.36. The van der Waals surface area contributed by atoms with Crippen molar-refractivity contribution in [1.29, 1.82) is 0 Å². The van der Waals surface area contributed by atoms with Crippen LogP contribution in [0.25, 0.3) is 0 Å². The Hall–Kier alpha value is -1.61. The van der Waals surface area contributed by atoms with Crippen molar-refractivity contribution in [3.05, 3.63) is 46.5 Å². The van der Waals surface area contributed by atoms with E-state index in [1.54, 1.807) is 0 Å². The summed E-state index contributed by atoms with van der Waals surface area (Å²) >= 11 is 0. The van der Waals surface area contributed by atoms with Crippen LogP contribution in [0.1, 0.15) is 57.2 Å². The van der Waals surface area contributed by atoms with Crippen molar-refractivity contribution in [2.75, 3.05) is 6.54 Å². The van der Waals surface area contributed by atoms with Gasteiger partial charge in [-0.25, -0.2) is 0 Å². The third kappa shape index (κ3) is 2.58. The fourth-order valence-electron chi connectivity index (χ4n) is 3.74. The molecule has 0 radical (unpaired) electrons. The van der Waals surface area contributed by atoms with Gasteiger partial charge in [-0.05, 0) is 56.2 Å². The minimum absolute atomic E-state index is 0.0589.